The Morgan fingerprint density at radius 2 is 1.94 bits per heavy atom. The van der Waals surface area contributed by atoms with Crippen LogP contribution in [0.4, 0.5) is 22.0 Å². The van der Waals surface area contributed by atoms with Crippen molar-refractivity contribution in [3.63, 3.8) is 0 Å². The van der Waals surface area contributed by atoms with Gasteiger partial charge < -0.3 is 9.47 Å². The SMILES string of the molecule is N#Cc1cc(Cl)cc(Oc2c(C(F)(F)F)ncn(CC3=CC(OC(F)F)C(=O)N=N3)c2=O)c1. The first-order valence-corrected chi connectivity index (χ1v) is 9.01. The molecule has 0 aliphatic carbocycles. The number of azo groups is 1. The van der Waals surface area contributed by atoms with Gasteiger partial charge in [0, 0.05) is 5.02 Å². The summed E-state index contributed by atoms with van der Waals surface area (Å²) in [7, 11) is 0. The minimum Gasteiger partial charge on any atom is -0.449 e. The van der Waals surface area contributed by atoms with Crippen molar-refractivity contribution in [3.05, 3.63) is 62.9 Å². The van der Waals surface area contributed by atoms with E-state index in [2.05, 4.69) is 19.9 Å². The quantitative estimate of drug-likeness (QED) is 0.564. The summed E-state index contributed by atoms with van der Waals surface area (Å²) in [6.07, 6.45) is -5.51. The Kier molecular flexibility index (Phi) is 6.84. The van der Waals surface area contributed by atoms with Crippen LogP contribution in [0, 0.1) is 11.3 Å². The van der Waals surface area contributed by atoms with E-state index in [0.717, 1.165) is 18.2 Å². The van der Waals surface area contributed by atoms with E-state index in [1.54, 1.807) is 6.07 Å². The Morgan fingerprint density at radius 3 is 2.58 bits per heavy atom. The monoisotopic (exact) mass is 489 g/mol. The highest BCUT2D eigenvalue weighted by molar-refractivity contribution is 6.30. The van der Waals surface area contributed by atoms with E-state index in [1.165, 1.54) is 6.07 Å². The number of halogens is 6. The van der Waals surface area contributed by atoms with Gasteiger partial charge in [-0.3, -0.25) is 14.2 Å². The molecule has 1 unspecified atom stereocenters. The largest absolute Gasteiger partial charge is 0.449 e. The standard InChI is InChI=1S/C18H9ClF5N5O4/c19-9-1-8(5-25)2-11(3-9)32-13-14(18(22,23)24)26-7-29(16(13)31)6-10-4-12(33-17(20)21)15(30)28-27-10/h1-4,7,12,17H,6H2. The number of rotatable bonds is 6. The molecule has 1 aromatic heterocycles. The zero-order valence-corrected chi connectivity index (χ0v) is 16.6. The third-order valence-electron chi connectivity index (χ3n) is 3.93. The fourth-order valence-electron chi connectivity index (χ4n) is 2.60. The third-order valence-corrected chi connectivity index (χ3v) is 4.15. The molecular formula is C18H9ClF5N5O4. The zero-order valence-electron chi connectivity index (χ0n) is 15.9. The molecule has 1 aromatic carbocycles. The van der Waals surface area contributed by atoms with Crippen LogP contribution < -0.4 is 10.3 Å². The molecule has 3 rings (SSSR count). The molecule has 1 atom stereocenters. The first-order chi connectivity index (χ1) is 15.5. The molecule has 1 aliphatic heterocycles. The second-order valence-electron chi connectivity index (χ2n) is 6.26. The molecule has 33 heavy (non-hydrogen) atoms. The lowest BCUT2D eigenvalue weighted by atomic mass is 10.2. The minimum absolute atomic E-state index is 0.0377. The number of benzene rings is 1. The van der Waals surface area contributed by atoms with E-state index in [0.29, 0.717) is 10.9 Å². The molecule has 0 bridgehead atoms. The second-order valence-corrected chi connectivity index (χ2v) is 6.69. The summed E-state index contributed by atoms with van der Waals surface area (Å²) in [6, 6.07) is 5.09. The van der Waals surface area contributed by atoms with Crippen LogP contribution in [0.25, 0.3) is 0 Å². The van der Waals surface area contributed by atoms with Gasteiger partial charge in [0.2, 0.25) is 5.75 Å². The van der Waals surface area contributed by atoms with E-state index in [4.69, 9.17) is 21.6 Å². The van der Waals surface area contributed by atoms with E-state index < -0.39 is 48.3 Å². The van der Waals surface area contributed by atoms with Crippen LogP contribution in [-0.2, 0) is 22.3 Å². The van der Waals surface area contributed by atoms with Gasteiger partial charge in [0.25, 0.3) is 11.5 Å². The molecule has 0 fully saturated rings. The predicted molar refractivity (Wildman–Crippen MR) is 98.6 cm³/mol. The number of alkyl halides is 5. The van der Waals surface area contributed by atoms with Gasteiger partial charge in [-0.1, -0.05) is 11.6 Å². The Labute approximate surface area is 185 Å². The summed E-state index contributed by atoms with van der Waals surface area (Å²) >= 11 is 5.81. The molecule has 1 aliphatic rings. The Balaban J connectivity index is 2.01. The average Bonchev–Trinajstić information content (AvgIpc) is 2.71. The molecular weight excluding hydrogens is 481 g/mol. The fraction of sp³-hybridized carbons (Fsp3) is 0.222. The van der Waals surface area contributed by atoms with Crippen LogP contribution in [-0.4, -0.2) is 28.2 Å². The zero-order chi connectivity index (χ0) is 24.3. The highest BCUT2D eigenvalue weighted by Gasteiger charge is 2.39. The normalized spacial score (nSPS) is 16.0. The minimum atomic E-state index is -5.09. The number of allylic oxidation sites excluding steroid dienone is 1. The Hall–Kier alpha value is -3.70. The van der Waals surface area contributed by atoms with Crippen LogP contribution >= 0.6 is 11.6 Å². The molecule has 2 aromatic rings. The number of carbonyl (C=O) groups is 1. The van der Waals surface area contributed by atoms with Gasteiger partial charge >= 0.3 is 12.8 Å². The second kappa shape index (κ2) is 9.43. The predicted octanol–water partition coefficient (Wildman–Crippen LogP) is 4.06. The molecule has 15 heteroatoms. The van der Waals surface area contributed by atoms with Crippen LogP contribution in [0.5, 0.6) is 11.5 Å². The number of nitriles is 1. The maximum atomic E-state index is 13.4. The number of ether oxygens (including phenoxy) is 2. The number of carbonyl (C=O) groups excluding carboxylic acids is 1. The summed E-state index contributed by atoms with van der Waals surface area (Å²) in [5.74, 6) is -2.70. The summed E-state index contributed by atoms with van der Waals surface area (Å²) in [5.41, 5.74) is -3.26. The van der Waals surface area contributed by atoms with Crippen molar-refractivity contribution in [1.29, 1.82) is 5.26 Å². The van der Waals surface area contributed by atoms with Crippen LogP contribution in [0.1, 0.15) is 11.3 Å². The molecule has 9 nitrogen and oxygen atoms in total. The van der Waals surface area contributed by atoms with E-state index in [-0.39, 0.29) is 22.0 Å². The van der Waals surface area contributed by atoms with Gasteiger partial charge in [-0.25, -0.2) is 4.98 Å². The van der Waals surface area contributed by atoms with Crippen LogP contribution in [0.15, 0.2) is 51.3 Å². The van der Waals surface area contributed by atoms with Gasteiger partial charge in [-0.05, 0) is 24.3 Å². The highest BCUT2D eigenvalue weighted by Crippen LogP contribution is 2.35. The lowest BCUT2D eigenvalue weighted by Crippen LogP contribution is -2.29. The van der Waals surface area contributed by atoms with Gasteiger partial charge in [0.15, 0.2) is 11.8 Å². The maximum absolute atomic E-state index is 13.4. The number of aromatic nitrogens is 2. The topological polar surface area (TPSA) is 119 Å². The molecule has 0 saturated carbocycles. The number of hydrogen-bond acceptors (Lipinski definition) is 7. The van der Waals surface area contributed by atoms with Crippen LogP contribution in [0.3, 0.4) is 0 Å². The third kappa shape index (κ3) is 5.76. The van der Waals surface area contributed by atoms with Crippen molar-refractivity contribution in [3.8, 4) is 17.6 Å². The summed E-state index contributed by atoms with van der Waals surface area (Å²) in [5, 5.41) is 15.5. The first kappa shape index (κ1) is 24.0. The molecule has 1 amide bonds. The highest BCUT2D eigenvalue weighted by atomic mass is 35.5. The average molecular weight is 490 g/mol. The molecule has 0 saturated heterocycles. The van der Waals surface area contributed by atoms with Gasteiger partial charge in [0.1, 0.15) is 5.75 Å². The lowest BCUT2D eigenvalue weighted by Gasteiger charge is -2.16. The molecule has 2 heterocycles. The van der Waals surface area contributed by atoms with E-state index in [9.17, 15) is 31.5 Å². The van der Waals surface area contributed by atoms with Gasteiger partial charge in [-0.2, -0.15) is 32.3 Å². The van der Waals surface area contributed by atoms with Crippen molar-refractivity contribution in [2.24, 2.45) is 10.2 Å². The summed E-state index contributed by atoms with van der Waals surface area (Å²) in [4.78, 5) is 27.4. The van der Waals surface area contributed by atoms with Crippen molar-refractivity contribution < 1.29 is 36.2 Å². The molecule has 0 radical (unpaired) electrons. The van der Waals surface area contributed by atoms with Crippen molar-refractivity contribution in [1.82, 2.24) is 9.55 Å². The Bertz CT molecular complexity index is 1250. The van der Waals surface area contributed by atoms with Crippen molar-refractivity contribution in [2.45, 2.75) is 25.4 Å². The van der Waals surface area contributed by atoms with E-state index >= 15 is 0 Å². The van der Waals surface area contributed by atoms with Gasteiger partial charge in [-0.15, -0.1) is 5.11 Å². The van der Waals surface area contributed by atoms with Crippen molar-refractivity contribution in [2.75, 3.05) is 0 Å². The maximum Gasteiger partial charge on any atom is 0.437 e. The van der Waals surface area contributed by atoms with E-state index in [1.807, 2.05) is 0 Å². The van der Waals surface area contributed by atoms with Crippen LogP contribution in [0.2, 0.25) is 5.02 Å². The summed E-state index contributed by atoms with van der Waals surface area (Å²) < 4.78 is 74.9. The molecule has 0 N–H and O–H groups in total. The fourth-order valence-corrected chi connectivity index (χ4v) is 2.82. The number of amides is 1. The molecule has 0 spiro atoms. The lowest BCUT2D eigenvalue weighted by molar-refractivity contribution is -0.165. The number of nitrogens with zero attached hydrogens (tertiary/aromatic N) is 5. The Morgan fingerprint density at radius 1 is 1.21 bits per heavy atom. The smallest absolute Gasteiger partial charge is 0.437 e. The number of hydrogen-bond donors (Lipinski definition) is 0. The first-order valence-electron chi connectivity index (χ1n) is 8.63. The van der Waals surface area contributed by atoms with Crippen molar-refractivity contribution >= 4 is 17.5 Å². The van der Waals surface area contributed by atoms with Gasteiger partial charge in [0.05, 0.1) is 30.2 Å². The molecule has 172 valence electrons. The summed E-state index contributed by atoms with van der Waals surface area (Å²) in [6.45, 7) is -3.91.